The van der Waals surface area contributed by atoms with Gasteiger partial charge in [0, 0.05) is 18.3 Å². The lowest BCUT2D eigenvalue weighted by Gasteiger charge is -2.31. The SMILES string of the molecule is CC1CCC(C2CC(=O)NC(=O)C2C)O1. The maximum Gasteiger partial charge on any atom is 0.229 e. The number of ether oxygens (including phenoxy) is 1. The quantitative estimate of drug-likeness (QED) is 0.654. The Balaban J connectivity index is 2.06. The van der Waals surface area contributed by atoms with E-state index in [0.29, 0.717) is 6.42 Å². The molecular formula is C11H17NO3. The minimum atomic E-state index is -0.161. The van der Waals surface area contributed by atoms with Gasteiger partial charge in [-0.2, -0.15) is 0 Å². The smallest absolute Gasteiger partial charge is 0.229 e. The molecule has 4 heteroatoms. The summed E-state index contributed by atoms with van der Waals surface area (Å²) in [5.74, 6) is -0.361. The van der Waals surface area contributed by atoms with Crippen molar-refractivity contribution in [2.75, 3.05) is 0 Å². The van der Waals surface area contributed by atoms with E-state index in [2.05, 4.69) is 5.32 Å². The van der Waals surface area contributed by atoms with Crippen LogP contribution in [0.4, 0.5) is 0 Å². The van der Waals surface area contributed by atoms with Gasteiger partial charge in [-0.25, -0.2) is 0 Å². The Bertz CT molecular complexity index is 290. The van der Waals surface area contributed by atoms with Crippen molar-refractivity contribution < 1.29 is 14.3 Å². The third-order valence-corrected chi connectivity index (χ3v) is 3.48. The molecule has 2 fully saturated rings. The van der Waals surface area contributed by atoms with Crippen LogP contribution < -0.4 is 5.32 Å². The van der Waals surface area contributed by atoms with Crippen LogP contribution in [0.2, 0.25) is 0 Å². The van der Waals surface area contributed by atoms with Crippen LogP contribution in [0.1, 0.15) is 33.1 Å². The predicted molar refractivity (Wildman–Crippen MR) is 54.0 cm³/mol. The van der Waals surface area contributed by atoms with Crippen LogP contribution in [0.15, 0.2) is 0 Å². The van der Waals surface area contributed by atoms with Gasteiger partial charge in [-0.15, -0.1) is 0 Å². The van der Waals surface area contributed by atoms with E-state index in [4.69, 9.17) is 4.74 Å². The molecule has 84 valence electrons. The largest absolute Gasteiger partial charge is 0.375 e. The molecule has 15 heavy (non-hydrogen) atoms. The number of imide groups is 1. The number of nitrogens with one attached hydrogen (secondary N) is 1. The highest BCUT2D eigenvalue weighted by molar-refractivity contribution is 5.98. The van der Waals surface area contributed by atoms with E-state index < -0.39 is 0 Å². The Morgan fingerprint density at radius 3 is 2.60 bits per heavy atom. The van der Waals surface area contributed by atoms with E-state index >= 15 is 0 Å². The van der Waals surface area contributed by atoms with Gasteiger partial charge in [-0.3, -0.25) is 14.9 Å². The molecule has 0 aromatic carbocycles. The van der Waals surface area contributed by atoms with Crippen LogP contribution in [0.25, 0.3) is 0 Å². The first kappa shape index (κ1) is 10.6. The minimum Gasteiger partial charge on any atom is -0.375 e. The van der Waals surface area contributed by atoms with Crippen LogP contribution >= 0.6 is 0 Å². The van der Waals surface area contributed by atoms with Crippen molar-refractivity contribution in [3.8, 4) is 0 Å². The van der Waals surface area contributed by atoms with Gasteiger partial charge in [-0.05, 0) is 19.8 Å². The molecule has 1 N–H and O–H groups in total. The average Bonchev–Trinajstić information content (AvgIpc) is 2.58. The molecule has 2 aliphatic rings. The second-order valence-electron chi connectivity index (χ2n) is 4.63. The third-order valence-electron chi connectivity index (χ3n) is 3.48. The van der Waals surface area contributed by atoms with Crippen molar-refractivity contribution in [3.63, 3.8) is 0 Å². The van der Waals surface area contributed by atoms with Gasteiger partial charge in [0.15, 0.2) is 0 Å². The Morgan fingerprint density at radius 1 is 1.27 bits per heavy atom. The molecule has 2 heterocycles. The highest BCUT2D eigenvalue weighted by atomic mass is 16.5. The summed E-state index contributed by atoms with van der Waals surface area (Å²) in [6.07, 6.45) is 2.78. The van der Waals surface area contributed by atoms with Crippen molar-refractivity contribution in [1.82, 2.24) is 5.32 Å². The number of amides is 2. The molecule has 2 amide bonds. The molecule has 0 aliphatic carbocycles. The first-order valence-corrected chi connectivity index (χ1v) is 5.57. The molecule has 0 bridgehead atoms. The summed E-state index contributed by atoms with van der Waals surface area (Å²) in [4.78, 5) is 22.7. The minimum absolute atomic E-state index is 0.0659. The fourth-order valence-corrected chi connectivity index (χ4v) is 2.49. The fraction of sp³-hybridized carbons (Fsp3) is 0.818. The summed E-state index contributed by atoms with van der Waals surface area (Å²) in [6, 6.07) is 0. The van der Waals surface area contributed by atoms with E-state index in [1.807, 2.05) is 13.8 Å². The number of rotatable bonds is 1. The lowest BCUT2D eigenvalue weighted by molar-refractivity contribution is -0.142. The number of carbonyl (C=O) groups is 2. The number of carbonyl (C=O) groups excluding carboxylic acids is 2. The second-order valence-corrected chi connectivity index (χ2v) is 4.63. The first-order chi connectivity index (χ1) is 7.08. The van der Waals surface area contributed by atoms with Gasteiger partial charge in [0.25, 0.3) is 0 Å². The summed E-state index contributed by atoms with van der Waals surface area (Å²) in [5, 5.41) is 2.36. The predicted octanol–water partition coefficient (Wildman–Crippen LogP) is 0.853. The number of hydrogen-bond donors (Lipinski definition) is 1. The summed E-state index contributed by atoms with van der Waals surface area (Å²) in [6.45, 7) is 3.91. The molecular weight excluding hydrogens is 194 g/mol. The summed E-state index contributed by atoms with van der Waals surface area (Å²) in [5.41, 5.74) is 0. The average molecular weight is 211 g/mol. The lowest BCUT2D eigenvalue weighted by Crippen LogP contribution is -2.48. The van der Waals surface area contributed by atoms with Gasteiger partial charge >= 0.3 is 0 Å². The van der Waals surface area contributed by atoms with Gasteiger partial charge in [0.2, 0.25) is 11.8 Å². The van der Waals surface area contributed by atoms with Crippen molar-refractivity contribution in [2.45, 2.75) is 45.3 Å². The zero-order valence-corrected chi connectivity index (χ0v) is 9.16. The molecule has 4 nitrogen and oxygen atoms in total. The molecule has 0 spiro atoms. The monoisotopic (exact) mass is 211 g/mol. The van der Waals surface area contributed by atoms with Crippen LogP contribution in [0, 0.1) is 11.8 Å². The molecule has 0 aromatic heterocycles. The topological polar surface area (TPSA) is 55.4 Å². The zero-order valence-electron chi connectivity index (χ0n) is 9.16. The molecule has 2 rings (SSSR count). The molecule has 0 aromatic rings. The third kappa shape index (κ3) is 2.04. The lowest BCUT2D eigenvalue weighted by atomic mass is 9.81. The number of hydrogen-bond acceptors (Lipinski definition) is 3. The number of piperidine rings is 1. The van der Waals surface area contributed by atoms with E-state index in [0.717, 1.165) is 12.8 Å². The van der Waals surface area contributed by atoms with Gasteiger partial charge in [0.05, 0.1) is 12.2 Å². The fourth-order valence-electron chi connectivity index (χ4n) is 2.49. The van der Waals surface area contributed by atoms with Crippen LogP contribution in [0.3, 0.4) is 0 Å². The summed E-state index contributed by atoms with van der Waals surface area (Å²) in [7, 11) is 0. The second kappa shape index (κ2) is 3.93. The molecule has 0 radical (unpaired) electrons. The van der Waals surface area contributed by atoms with Crippen molar-refractivity contribution in [1.29, 1.82) is 0 Å². The molecule has 4 unspecified atom stereocenters. The summed E-state index contributed by atoms with van der Waals surface area (Å²) < 4.78 is 5.74. The first-order valence-electron chi connectivity index (χ1n) is 5.57. The van der Waals surface area contributed by atoms with E-state index in [9.17, 15) is 9.59 Å². The van der Waals surface area contributed by atoms with E-state index in [-0.39, 0.29) is 35.9 Å². The van der Waals surface area contributed by atoms with Crippen LogP contribution in [0.5, 0.6) is 0 Å². The van der Waals surface area contributed by atoms with Gasteiger partial charge in [-0.1, -0.05) is 6.92 Å². The van der Waals surface area contributed by atoms with E-state index in [1.54, 1.807) is 0 Å². The maximum atomic E-state index is 11.5. The molecule has 2 saturated heterocycles. The Hall–Kier alpha value is -0.900. The summed E-state index contributed by atoms with van der Waals surface area (Å²) >= 11 is 0. The van der Waals surface area contributed by atoms with Crippen molar-refractivity contribution in [3.05, 3.63) is 0 Å². The standard InChI is InChI=1S/C11H17NO3/c1-6-3-4-9(15-6)8-5-10(13)12-11(14)7(8)2/h6-9H,3-5H2,1-2H3,(H,12,13,14). The molecule has 4 atom stereocenters. The van der Waals surface area contributed by atoms with Crippen molar-refractivity contribution >= 4 is 11.8 Å². The Kier molecular flexibility index (Phi) is 2.78. The molecule has 2 aliphatic heterocycles. The Labute approximate surface area is 89.4 Å². The van der Waals surface area contributed by atoms with Crippen LogP contribution in [-0.4, -0.2) is 24.0 Å². The van der Waals surface area contributed by atoms with Crippen LogP contribution in [-0.2, 0) is 14.3 Å². The maximum absolute atomic E-state index is 11.5. The highest BCUT2D eigenvalue weighted by Gasteiger charge is 2.40. The van der Waals surface area contributed by atoms with E-state index in [1.165, 1.54) is 0 Å². The van der Waals surface area contributed by atoms with Gasteiger partial charge < -0.3 is 4.74 Å². The highest BCUT2D eigenvalue weighted by Crippen LogP contribution is 2.33. The van der Waals surface area contributed by atoms with Crippen molar-refractivity contribution in [2.24, 2.45) is 11.8 Å². The molecule has 0 saturated carbocycles. The Morgan fingerprint density at radius 2 is 2.00 bits per heavy atom. The van der Waals surface area contributed by atoms with Gasteiger partial charge in [0.1, 0.15) is 0 Å². The normalized spacial score (nSPS) is 41.7. The zero-order chi connectivity index (χ0) is 11.0.